The first-order chi connectivity index (χ1) is 5.58. The summed E-state index contributed by atoms with van der Waals surface area (Å²) in [4.78, 5) is 14.1. The molecule has 1 aliphatic heterocycles. The van der Waals surface area contributed by atoms with Gasteiger partial charge in [0.2, 0.25) is 5.67 Å². The molecule has 12 heavy (non-hydrogen) atoms. The number of halogens is 2. The smallest absolute Gasteiger partial charge is 0.349 e. The van der Waals surface area contributed by atoms with Crippen LogP contribution in [0.4, 0.5) is 8.78 Å². The van der Waals surface area contributed by atoms with E-state index in [1.807, 2.05) is 0 Å². The molecule has 0 amide bonds. The first-order valence-corrected chi connectivity index (χ1v) is 3.24. The Labute approximate surface area is 67.7 Å². The number of dihydropyridines is 1. The highest BCUT2D eigenvalue weighted by atomic mass is 19.1. The van der Waals surface area contributed by atoms with E-state index in [0.717, 1.165) is 13.3 Å². The maximum Gasteiger partial charge on any atom is 0.349 e. The molecule has 0 aromatic rings. The highest BCUT2D eigenvalue weighted by molar-refractivity contribution is 5.87. The molecule has 1 atom stereocenters. The molecule has 0 aromatic carbocycles. The Bertz CT molecular complexity index is 262. The predicted octanol–water partition coefficient (Wildman–Crippen LogP) is 0.805. The van der Waals surface area contributed by atoms with Gasteiger partial charge in [0.05, 0.1) is 19.9 Å². The zero-order valence-corrected chi connectivity index (χ0v) is 6.38. The number of rotatable bonds is 1. The average Bonchev–Trinajstić information content (AvgIpc) is 2.02. The topological polar surface area (TPSA) is 38.7 Å². The Hall–Kier alpha value is -1.26. The van der Waals surface area contributed by atoms with E-state index in [-0.39, 0.29) is 0 Å². The summed E-state index contributed by atoms with van der Waals surface area (Å²) in [5.74, 6) is -2.00. The van der Waals surface area contributed by atoms with E-state index in [0.29, 0.717) is 6.08 Å². The van der Waals surface area contributed by atoms with Gasteiger partial charge in [-0.3, -0.25) is 4.99 Å². The highest BCUT2D eigenvalue weighted by Crippen LogP contribution is 2.21. The summed E-state index contributed by atoms with van der Waals surface area (Å²) in [7, 11) is 1.04. The predicted molar refractivity (Wildman–Crippen MR) is 38.4 cm³/mol. The van der Waals surface area contributed by atoms with Crippen LogP contribution in [0.5, 0.6) is 0 Å². The van der Waals surface area contributed by atoms with Gasteiger partial charge in [-0.05, 0) is 0 Å². The van der Waals surface area contributed by atoms with Crippen LogP contribution in [0, 0.1) is 0 Å². The summed E-state index contributed by atoms with van der Waals surface area (Å²) in [6.45, 7) is -0.424. The lowest BCUT2D eigenvalue weighted by Crippen LogP contribution is -2.37. The van der Waals surface area contributed by atoms with Crippen molar-refractivity contribution in [2.45, 2.75) is 5.67 Å². The minimum absolute atomic E-state index is 0.424. The Balaban J connectivity index is 2.87. The van der Waals surface area contributed by atoms with Crippen molar-refractivity contribution in [3.05, 3.63) is 11.9 Å². The number of hydrogen-bond acceptors (Lipinski definition) is 3. The normalized spacial score (nSPS) is 28.1. The van der Waals surface area contributed by atoms with Gasteiger partial charge in [0.15, 0.2) is 0 Å². The number of ether oxygens (including phenoxy) is 1. The molecule has 0 bridgehead atoms. The third-order valence-corrected chi connectivity index (χ3v) is 1.43. The van der Waals surface area contributed by atoms with E-state index in [4.69, 9.17) is 0 Å². The molecule has 0 N–H and O–H groups in total. The Morgan fingerprint density at radius 2 is 2.50 bits per heavy atom. The highest BCUT2D eigenvalue weighted by Gasteiger charge is 2.39. The molecule has 1 rings (SSSR count). The summed E-state index contributed by atoms with van der Waals surface area (Å²) < 4.78 is 29.9. The van der Waals surface area contributed by atoms with Gasteiger partial charge < -0.3 is 4.74 Å². The van der Waals surface area contributed by atoms with Gasteiger partial charge >= 0.3 is 5.97 Å². The molecule has 0 aromatic heterocycles. The molecule has 1 aliphatic rings. The van der Waals surface area contributed by atoms with Gasteiger partial charge in [-0.2, -0.15) is 0 Å². The van der Waals surface area contributed by atoms with Crippen molar-refractivity contribution < 1.29 is 18.3 Å². The van der Waals surface area contributed by atoms with E-state index >= 15 is 0 Å². The molecule has 3 nitrogen and oxygen atoms in total. The Kier molecular flexibility index (Phi) is 2.21. The van der Waals surface area contributed by atoms with Crippen molar-refractivity contribution in [2.24, 2.45) is 4.99 Å². The quantitative estimate of drug-likeness (QED) is 0.553. The number of carbonyl (C=O) groups is 1. The van der Waals surface area contributed by atoms with Gasteiger partial charge in [-0.15, -0.1) is 0 Å². The third-order valence-electron chi connectivity index (χ3n) is 1.43. The number of allylic oxidation sites excluding steroid dienone is 1. The van der Waals surface area contributed by atoms with Gasteiger partial charge in [0, 0.05) is 6.08 Å². The summed E-state index contributed by atoms with van der Waals surface area (Å²) in [5, 5.41) is 0. The molecular formula is C7H7F2NO2. The van der Waals surface area contributed by atoms with Crippen LogP contribution in [0.3, 0.4) is 0 Å². The van der Waals surface area contributed by atoms with Crippen LogP contribution in [0.25, 0.3) is 0 Å². The molecular weight excluding hydrogens is 168 g/mol. The molecule has 0 fully saturated rings. The SMILES string of the molecule is COC(=O)C1(F)C=C(F)C=NC1. The number of esters is 1. The van der Waals surface area contributed by atoms with Crippen molar-refractivity contribution in [3.8, 4) is 0 Å². The van der Waals surface area contributed by atoms with Crippen molar-refractivity contribution >= 4 is 12.2 Å². The second-order valence-electron chi connectivity index (χ2n) is 2.35. The second-order valence-corrected chi connectivity index (χ2v) is 2.35. The van der Waals surface area contributed by atoms with Crippen molar-refractivity contribution in [2.75, 3.05) is 13.7 Å². The molecule has 0 radical (unpaired) electrons. The Morgan fingerprint density at radius 1 is 1.83 bits per heavy atom. The van der Waals surface area contributed by atoms with E-state index in [1.165, 1.54) is 0 Å². The van der Waals surface area contributed by atoms with Gasteiger partial charge in [-0.25, -0.2) is 13.6 Å². The lowest BCUT2D eigenvalue weighted by atomic mass is 10.0. The number of nitrogens with zero attached hydrogens (tertiary/aromatic N) is 1. The maximum absolute atomic E-state index is 13.3. The van der Waals surface area contributed by atoms with E-state index in [1.54, 1.807) is 0 Å². The third kappa shape index (κ3) is 1.49. The van der Waals surface area contributed by atoms with Crippen molar-refractivity contribution in [1.29, 1.82) is 0 Å². The monoisotopic (exact) mass is 175 g/mol. The first kappa shape index (κ1) is 8.83. The molecule has 66 valence electrons. The van der Waals surface area contributed by atoms with Crippen LogP contribution in [0.2, 0.25) is 0 Å². The van der Waals surface area contributed by atoms with Gasteiger partial charge in [0.25, 0.3) is 0 Å². The van der Waals surface area contributed by atoms with E-state index < -0.39 is 24.0 Å². The number of aliphatic imine (C=N–C) groups is 1. The van der Waals surface area contributed by atoms with Crippen molar-refractivity contribution in [3.63, 3.8) is 0 Å². The van der Waals surface area contributed by atoms with Crippen LogP contribution in [0.15, 0.2) is 16.9 Å². The number of methoxy groups -OCH3 is 1. The van der Waals surface area contributed by atoms with Crippen LogP contribution < -0.4 is 0 Å². The van der Waals surface area contributed by atoms with Gasteiger partial charge in [0.1, 0.15) is 5.83 Å². The molecule has 0 spiro atoms. The summed E-state index contributed by atoms with van der Waals surface area (Å²) in [6, 6.07) is 0. The largest absolute Gasteiger partial charge is 0.466 e. The average molecular weight is 175 g/mol. The van der Waals surface area contributed by atoms with Crippen LogP contribution >= 0.6 is 0 Å². The standard InChI is InChI=1S/C7H7F2NO2/c1-12-6(11)7(9)2-5(8)3-10-4-7/h2-3H,4H2,1H3. The fourth-order valence-electron chi connectivity index (χ4n) is 0.860. The molecule has 5 heteroatoms. The van der Waals surface area contributed by atoms with Crippen molar-refractivity contribution in [1.82, 2.24) is 0 Å². The number of hydrogen-bond donors (Lipinski definition) is 0. The van der Waals surface area contributed by atoms with E-state index in [2.05, 4.69) is 9.73 Å². The summed E-state index contributed by atoms with van der Waals surface area (Å²) in [6.07, 6.45) is 1.42. The first-order valence-electron chi connectivity index (χ1n) is 3.24. The Morgan fingerprint density at radius 3 is 3.00 bits per heavy atom. The molecule has 1 heterocycles. The minimum atomic E-state index is -2.44. The summed E-state index contributed by atoms with van der Waals surface area (Å²) >= 11 is 0. The lowest BCUT2D eigenvalue weighted by Gasteiger charge is -2.18. The van der Waals surface area contributed by atoms with Gasteiger partial charge in [-0.1, -0.05) is 0 Å². The second kappa shape index (κ2) is 3.00. The minimum Gasteiger partial charge on any atom is -0.466 e. The molecule has 0 aliphatic carbocycles. The summed E-state index contributed by atoms with van der Waals surface area (Å²) in [5.41, 5.74) is -2.44. The fourth-order valence-corrected chi connectivity index (χ4v) is 0.860. The van der Waals surface area contributed by atoms with Crippen LogP contribution in [-0.2, 0) is 9.53 Å². The van der Waals surface area contributed by atoms with E-state index in [9.17, 15) is 13.6 Å². The molecule has 0 saturated carbocycles. The zero-order valence-electron chi connectivity index (χ0n) is 6.38. The fraction of sp³-hybridized carbons (Fsp3) is 0.429. The lowest BCUT2D eigenvalue weighted by molar-refractivity contribution is -0.150. The van der Waals surface area contributed by atoms with Crippen LogP contribution in [0.1, 0.15) is 0 Å². The number of carbonyl (C=O) groups excluding carboxylic acids is 1. The number of alkyl halides is 1. The maximum atomic E-state index is 13.3. The zero-order chi connectivity index (χ0) is 9.19. The molecule has 1 unspecified atom stereocenters. The van der Waals surface area contributed by atoms with Crippen LogP contribution in [-0.4, -0.2) is 31.5 Å². The molecule has 0 saturated heterocycles.